The van der Waals surface area contributed by atoms with Gasteiger partial charge in [-0.15, -0.1) is 0 Å². The summed E-state index contributed by atoms with van der Waals surface area (Å²) in [6.45, 7) is 4.34. The van der Waals surface area contributed by atoms with E-state index in [1.807, 2.05) is 18.2 Å². The zero-order chi connectivity index (χ0) is 12.7. The Morgan fingerprint density at radius 2 is 2.06 bits per heavy atom. The van der Waals surface area contributed by atoms with E-state index in [9.17, 15) is 0 Å². The third-order valence-electron chi connectivity index (χ3n) is 2.20. The molecule has 17 heavy (non-hydrogen) atoms. The zero-order valence-corrected chi connectivity index (χ0v) is 10.1. The minimum atomic E-state index is 0.0688. The number of allylic oxidation sites excluding steroid dienone is 1. The molecule has 0 fully saturated rings. The van der Waals surface area contributed by atoms with E-state index in [4.69, 9.17) is 10.5 Å². The van der Waals surface area contributed by atoms with Gasteiger partial charge < -0.3 is 5.32 Å². The van der Waals surface area contributed by atoms with E-state index in [2.05, 4.69) is 25.2 Å². The van der Waals surface area contributed by atoms with Gasteiger partial charge in [-0.05, 0) is 30.0 Å². The molecule has 0 aliphatic rings. The minimum Gasteiger partial charge on any atom is -0.360 e. The van der Waals surface area contributed by atoms with Gasteiger partial charge in [-0.25, -0.2) is 0 Å². The largest absolute Gasteiger partial charge is 0.360 e. The molecule has 0 aliphatic carbocycles. The summed E-state index contributed by atoms with van der Waals surface area (Å²) in [4.78, 5) is 0. The highest BCUT2D eigenvalue weighted by Gasteiger charge is 1.99. The number of hydrogen-bond donors (Lipinski definition) is 1. The SMILES string of the molecule is CC(C)Cc1cccc(NC=C(C#N)C#N)c1. The fourth-order valence-corrected chi connectivity index (χ4v) is 1.50. The van der Waals surface area contributed by atoms with Crippen LogP contribution in [0.15, 0.2) is 36.0 Å². The van der Waals surface area contributed by atoms with Crippen LogP contribution in [0, 0.1) is 28.6 Å². The standard InChI is InChI=1S/C14H15N3/c1-11(2)6-12-4-3-5-14(7-12)17-10-13(8-15)9-16/h3-5,7,10-11,17H,6H2,1-2H3. The molecule has 3 heteroatoms. The number of benzene rings is 1. The molecule has 0 spiro atoms. The fraction of sp³-hybridized carbons (Fsp3) is 0.286. The van der Waals surface area contributed by atoms with Crippen molar-refractivity contribution >= 4 is 5.69 Å². The lowest BCUT2D eigenvalue weighted by molar-refractivity contribution is 0.647. The highest BCUT2D eigenvalue weighted by atomic mass is 14.8. The van der Waals surface area contributed by atoms with Gasteiger partial charge in [0.25, 0.3) is 0 Å². The summed E-state index contributed by atoms with van der Waals surface area (Å²) in [7, 11) is 0. The number of nitrogens with zero attached hydrogens (tertiary/aromatic N) is 2. The van der Waals surface area contributed by atoms with Gasteiger partial charge in [0.2, 0.25) is 0 Å². The predicted octanol–water partition coefficient (Wildman–Crippen LogP) is 3.23. The van der Waals surface area contributed by atoms with Crippen LogP contribution in [-0.2, 0) is 6.42 Å². The molecule has 0 atom stereocenters. The molecule has 1 aromatic carbocycles. The molecule has 0 radical (unpaired) electrons. The lowest BCUT2D eigenvalue weighted by atomic mass is 10.0. The van der Waals surface area contributed by atoms with Crippen LogP contribution in [0.1, 0.15) is 19.4 Å². The van der Waals surface area contributed by atoms with E-state index in [0.717, 1.165) is 12.1 Å². The normalized spacial score (nSPS) is 9.24. The van der Waals surface area contributed by atoms with Crippen molar-refractivity contribution < 1.29 is 0 Å². The van der Waals surface area contributed by atoms with Gasteiger partial charge >= 0.3 is 0 Å². The fourth-order valence-electron chi connectivity index (χ4n) is 1.50. The summed E-state index contributed by atoms with van der Waals surface area (Å²) in [5, 5.41) is 20.1. The molecule has 3 nitrogen and oxygen atoms in total. The van der Waals surface area contributed by atoms with Gasteiger partial charge in [-0.2, -0.15) is 10.5 Å². The van der Waals surface area contributed by atoms with Crippen molar-refractivity contribution in [1.29, 1.82) is 10.5 Å². The van der Waals surface area contributed by atoms with Crippen LogP contribution in [0.5, 0.6) is 0 Å². The Labute approximate surface area is 102 Å². The highest BCUT2D eigenvalue weighted by Crippen LogP contribution is 2.14. The summed E-state index contributed by atoms with van der Waals surface area (Å²) in [5.41, 5.74) is 2.21. The second-order valence-electron chi connectivity index (χ2n) is 4.22. The van der Waals surface area contributed by atoms with E-state index in [0.29, 0.717) is 5.92 Å². The summed E-state index contributed by atoms with van der Waals surface area (Å²) in [5.74, 6) is 0.606. The van der Waals surface area contributed by atoms with Gasteiger partial charge in [0.15, 0.2) is 0 Å². The third-order valence-corrected chi connectivity index (χ3v) is 2.20. The Balaban J connectivity index is 2.77. The molecule has 0 aromatic heterocycles. The van der Waals surface area contributed by atoms with E-state index < -0.39 is 0 Å². The van der Waals surface area contributed by atoms with E-state index in [1.165, 1.54) is 11.8 Å². The molecule has 0 unspecified atom stereocenters. The molecule has 0 amide bonds. The molecule has 0 heterocycles. The topological polar surface area (TPSA) is 59.6 Å². The summed E-state index contributed by atoms with van der Waals surface area (Å²) >= 11 is 0. The van der Waals surface area contributed by atoms with Gasteiger partial charge in [0.05, 0.1) is 0 Å². The van der Waals surface area contributed by atoms with E-state index >= 15 is 0 Å². The van der Waals surface area contributed by atoms with Crippen molar-refractivity contribution in [3.63, 3.8) is 0 Å². The first kappa shape index (κ1) is 12.8. The van der Waals surface area contributed by atoms with Crippen LogP contribution >= 0.6 is 0 Å². The third kappa shape index (κ3) is 4.40. The Morgan fingerprint density at radius 1 is 1.35 bits per heavy atom. The Hall–Kier alpha value is -2.26. The van der Waals surface area contributed by atoms with Crippen molar-refractivity contribution in [1.82, 2.24) is 0 Å². The first-order chi connectivity index (χ1) is 8.15. The van der Waals surface area contributed by atoms with E-state index in [-0.39, 0.29) is 5.57 Å². The quantitative estimate of drug-likeness (QED) is 0.800. The van der Waals surface area contributed by atoms with Crippen molar-refractivity contribution in [3.8, 4) is 12.1 Å². The lowest BCUT2D eigenvalue weighted by Crippen LogP contribution is -1.96. The number of anilines is 1. The van der Waals surface area contributed by atoms with Crippen molar-refractivity contribution in [2.75, 3.05) is 5.32 Å². The van der Waals surface area contributed by atoms with Crippen molar-refractivity contribution in [3.05, 3.63) is 41.6 Å². The zero-order valence-electron chi connectivity index (χ0n) is 10.1. The minimum absolute atomic E-state index is 0.0688. The first-order valence-electron chi connectivity index (χ1n) is 5.51. The number of hydrogen-bond acceptors (Lipinski definition) is 3. The maximum atomic E-state index is 8.60. The molecule has 1 N–H and O–H groups in total. The van der Waals surface area contributed by atoms with Crippen molar-refractivity contribution in [2.24, 2.45) is 5.92 Å². The van der Waals surface area contributed by atoms with Crippen LogP contribution in [0.2, 0.25) is 0 Å². The van der Waals surface area contributed by atoms with Gasteiger partial charge in [0, 0.05) is 11.9 Å². The smallest absolute Gasteiger partial charge is 0.145 e. The Bertz CT molecular complexity index is 471. The number of rotatable bonds is 4. The predicted molar refractivity (Wildman–Crippen MR) is 67.9 cm³/mol. The van der Waals surface area contributed by atoms with Crippen LogP contribution in [0.25, 0.3) is 0 Å². The van der Waals surface area contributed by atoms with Crippen LogP contribution < -0.4 is 5.32 Å². The summed E-state index contributed by atoms with van der Waals surface area (Å²) in [6.07, 6.45) is 2.44. The van der Waals surface area contributed by atoms with Gasteiger partial charge in [0.1, 0.15) is 17.7 Å². The molecular formula is C14H15N3. The monoisotopic (exact) mass is 225 g/mol. The maximum Gasteiger partial charge on any atom is 0.145 e. The summed E-state index contributed by atoms with van der Waals surface area (Å²) < 4.78 is 0. The number of nitrogens with one attached hydrogen (secondary N) is 1. The molecule has 0 bridgehead atoms. The second-order valence-corrected chi connectivity index (χ2v) is 4.22. The van der Waals surface area contributed by atoms with E-state index in [1.54, 1.807) is 12.1 Å². The molecule has 0 aliphatic heterocycles. The molecular weight excluding hydrogens is 210 g/mol. The Kier molecular flexibility index (Phi) is 4.78. The van der Waals surface area contributed by atoms with Crippen molar-refractivity contribution in [2.45, 2.75) is 20.3 Å². The second kappa shape index (κ2) is 6.35. The Morgan fingerprint density at radius 3 is 2.65 bits per heavy atom. The van der Waals surface area contributed by atoms with Crippen LogP contribution in [0.3, 0.4) is 0 Å². The van der Waals surface area contributed by atoms with Crippen LogP contribution in [0.4, 0.5) is 5.69 Å². The highest BCUT2D eigenvalue weighted by molar-refractivity contribution is 5.50. The van der Waals surface area contributed by atoms with Gasteiger partial charge in [-0.3, -0.25) is 0 Å². The summed E-state index contributed by atoms with van der Waals surface area (Å²) in [6, 6.07) is 11.6. The average molecular weight is 225 g/mol. The lowest BCUT2D eigenvalue weighted by Gasteiger charge is -2.07. The molecule has 1 rings (SSSR count). The first-order valence-corrected chi connectivity index (χ1v) is 5.51. The molecule has 86 valence electrons. The average Bonchev–Trinajstić information content (AvgIpc) is 2.30. The molecule has 0 saturated heterocycles. The maximum absolute atomic E-state index is 8.60. The van der Waals surface area contributed by atoms with Gasteiger partial charge in [-0.1, -0.05) is 26.0 Å². The molecule has 1 aromatic rings. The van der Waals surface area contributed by atoms with Crippen LogP contribution in [-0.4, -0.2) is 0 Å². The molecule has 0 saturated carbocycles. The number of nitriles is 2.